The molecule has 0 radical (unpaired) electrons. The van der Waals surface area contributed by atoms with Crippen LogP contribution < -0.4 is 4.74 Å². The normalized spacial score (nSPS) is 15.0. The minimum Gasteiger partial charge on any atom is -0.491 e. The van der Waals surface area contributed by atoms with Crippen LogP contribution in [0.4, 0.5) is 4.39 Å². The molecule has 0 bridgehead atoms. The van der Waals surface area contributed by atoms with Gasteiger partial charge in [0.2, 0.25) is 5.91 Å². The molecule has 0 fully saturated rings. The fraction of sp³-hybridized carbons (Fsp3) is 0.379. The Morgan fingerprint density at radius 1 is 1.17 bits per heavy atom. The Bertz CT molecular complexity index is 1190. The number of hydrogen-bond acceptors (Lipinski definition) is 4. The number of nitrogens with zero attached hydrogens (tertiary/aromatic N) is 2. The molecule has 4 rings (SSSR count). The quantitative estimate of drug-likeness (QED) is 0.362. The summed E-state index contributed by atoms with van der Waals surface area (Å²) in [7, 11) is 0. The number of fused-ring (bicyclic) bond motifs is 1. The van der Waals surface area contributed by atoms with Crippen molar-refractivity contribution in [1.82, 2.24) is 9.80 Å². The molecule has 0 spiro atoms. The zero-order valence-electron chi connectivity index (χ0n) is 21.1. The van der Waals surface area contributed by atoms with Gasteiger partial charge >= 0.3 is 0 Å². The Labute approximate surface area is 216 Å². The van der Waals surface area contributed by atoms with Crippen molar-refractivity contribution < 1.29 is 18.7 Å². The SMILES string of the molecule is Cc1ccc(OCC2c3ccsc3CCN2C(=O)CN(CCC(C)C)C(=O)c2cccc(F)c2)cc1. The number of hydrogen-bond donors (Lipinski definition) is 0. The predicted octanol–water partition coefficient (Wildman–Crippen LogP) is 5.89. The Kier molecular flexibility index (Phi) is 8.41. The van der Waals surface area contributed by atoms with Crippen molar-refractivity contribution in [2.75, 3.05) is 26.2 Å². The molecular formula is C29H33FN2O3S. The summed E-state index contributed by atoms with van der Waals surface area (Å²) in [5, 5.41) is 2.06. The van der Waals surface area contributed by atoms with Gasteiger partial charge in [0.15, 0.2) is 0 Å². The average Bonchev–Trinajstić information content (AvgIpc) is 3.34. The number of rotatable bonds is 9. The van der Waals surface area contributed by atoms with E-state index in [1.165, 1.54) is 23.1 Å². The van der Waals surface area contributed by atoms with Crippen LogP contribution in [0.2, 0.25) is 0 Å². The molecule has 0 aliphatic carbocycles. The van der Waals surface area contributed by atoms with Crippen molar-refractivity contribution in [2.45, 2.75) is 39.7 Å². The highest BCUT2D eigenvalue weighted by Gasteiger charge is 2.33. The minimum atomic E-state index is -0.467. The highest BCUT2D eigenvalue weighted by Crippen LogP contribution is 2.34. The average molecular weight is 509 g/mol. The van der Waals surface area contributed by atoms with Crippen LogP contribution in [-0.2, 0) is 11.2 Å². The highest BCUT2D eigenvalue weighted by molar-refractivity contribution is 7.10. The van der Waals surface area contributed by atoms with Crippen molar-refractivity contribution in [3.63, 3.8) is 0 Å². The Hall–Kier alpha value is -3.19. The molecule has 0 saturated heterocycles. The molecule has 1 unspecified atom stereocenters. The summed E-state index contributed by atoms with van der Waals surface area (Å²) in [6.07, 6.45) is 1.53. The van der Waals surface area contributed by atoms with E-state index in [9.17, 15) is 14.0 Å². The van der Waals surface area contributed by atoms with Gasteiger partial charge < -0.3 is 14.5 Å². The van der Waals surface area contributed by atoms with Gasteiger partial charge in [-0.2, -0.15) is 0 Å². The van der Waals surface area contributed by atoms with Crippen LogP contribution in [0.5, 0.6) is 5.75 Å². The third-order valence-electron chi connectivity index (χ3n) is 6.51. The molecular weight excluding hydrogens is 475 g/mol. The molecule has 3 aromatic rings. The van der Waals surface area contributed by atoms with E-state index in [2.05, 4.69) is 25.3 Å². The second kappa shape index (κ2) is 11.7. The van der Waals surface area contributed by atoms with E-state index in [0.717, 1.165) is 29.7 Å². The van der Waals surface area contributed by atoms with Gasteiger partial charge in [-0.05, 0) is 73.0 Å². The number of benzene rings is 2. The van der Waals surface area contributed by atoms with Gasteiger partial charge in [-0.15, -0.1) is 11.3 Å². The van der Waals surface area contributed by atoms with Crippen molar-refractivity contribution in [3.8, 4) is 5.75 Å². The minimum absolute atomic E-state index is 0.0530. The second-order valence-corrected chi connectivity index (χ2v) is 10.7. The van der Waals surface area contributed by atoms with E-state index in [4.69, 9.17) is 4.74 Å². The Morgan fingerprint density at radius 3 is 2.67 bits per heavy atom. The number of thiophene rings is 1. The van der Waals surface area contributed by atoms with Crippen LogP contribution in [0.3, 0.4) is 0 Å². The molecule has 1 atom stereocenters. The number of halogens is 1. The van der Waals surface area contributed by atoms with E-state index in [-0.39, 0.29) is 30.0 Å². The number of amides is 2. The lowest BCUT2D eigenvalue weighted by Crippen LogP contribution is -2.48. The summed E-state index contributed by atoms with van der Waals surface area (Å²) >= 11 is 1.70. The van der Waals surface area contributed by atoms with Crippen molar-refractivity contribution in [3.05, 3.63) is 87.4 Å². The molecule has 190 valence electrons. The lowest BCUT2D eigenvalue weighted by atomic mass is 10.00. The lowest BCUT2D eigenvalue weighted by molar-refractivity contribution is -0.135. The van der Waals surface area contributed by atoms with E-state index in [0.29, 0.717) is 25.6 Å². The van der Waals surface area contributed by atoms with Gasteiger partial charge in [0.1, 0.15) is 24.7 Å². The van der Waals surface area contributed by atoms with Crippen LogP contribution in [0.1, 0.15) is 52.7 Å². The van der Waals surface area contributed by atoms with Gasteiger partial charge in [0.05, 0.1) is 6.04 Å². The maximum atomic E-state index is 13.8. The van der Waals surface area contributed by atoms with Gasteiger partial charge in [0, 0.05) is 23.5 Å². The summed E-state index contributed by atoms with van der Waals surface area (Å²) in [5.74, 6) is 0.199. The smallest absolute Gasteiger partial charge is 0.254 e. The maximum absolute atomic E-state index is 13.8. The zero-order chi connectivity index (χ0) is 25.7. The van der Waals surface area contributed by atoms with Gasteiger partial charge in [-0.1, -0.05) is 37.6 Å². The maximum Gasteiger partial charge on any atom is 0.254 e. The molecule has 2 amide bonds. The van der Waals surface area contributed by atoms with Crippen LogP contribution in [0, 0.1) is 18.7 Å². The lowest BCUT2D eigenvalue weighted by Gasteiger charge is -2.37. The van der Waals surface area contributed by atoms with Gasteiger partial charge in [0.25, 0.3) is 5.91 Å². The monoisotopic (exact) mass is 508 g/mol. The third kappa shape index (κ3) is 6.32. The number of carbonyl (C=O) groups excluding carboxylic acids is 2. The van der Waals surface area contributed by atoms with E-state index >= 15 is 0 Å². The summed E-state index contributed by atoms with van der Waals surface area (Å²) in [6.45, 7) is 7.47. The van der Waals surface area contributed by atoms with Crippen molar-refractivity contribution in [1.29, 1.82) is 0 Å². The number of ether oxygens (including phenoxy) is 1. The van der Waals surface area contributed by atoms with Crippen LogP contribution in [0.15, 0.2) is 60.0 Å². The summed E-state index contributed by atoms with van der Waals surface area (Å²) in [4.78, 5) is 31.6. The largest absolute Gasteiger partial charge is 0.491 e. The van der Waals surface area contributed by atoms with E-state index < -0.39 is 5.82 Å². The molecule has 1 aliphatic rings. The standard InChI is InChI=1S/C29H33FN2O3S/c1-20(2)11-14-31(29(34)22-5-4-6-23(30)17-22)18-28(33)32-15-12-27-25(13-16-36-27)26(32)19-35-24-9-7-21(3)8-10-24/h4-10,13,16-17,20,26H,11-12,14-15,18-19H2,1-3H3. The summed E-state index contributed by atoms with van der Waals surface area (Å²) < 4.78 is 19.9. The third-order valence-corrected chi connectivity index (χ3v) is 7.50. The summed E-state index contributed by atoms with van der Waals surface area (Å²) in [5.41, 5.74) is 2.52. The highest BCUT2D eigenvalue weighted by atomic mass is 32.1. The van der Waals surface area contributed by atoms with Crippen molar-refractivity contribution >= 4 is 23.2 Å². The van der Waals surface area contributed by atoms with Crippen molar-refractivity contribution in [2.24, 2.45) is 5.92 Å². The molecule has 0 saturated carbocycles. The summed E-state index contributed by atoms with van der Waals surface area (Å²) in [6, 6.07) is 15.4. The molecule has 2 aromatic carbocycles. The first kappa shape index (κ1) is 25.9. The molecule has 5 nitrogen and oxygen atoms in total. The number of carbonyl (C=O) groups is 2. The molecule has 2 heterocycles. The first-order valence-electron chi connectivity index (χ1n) is 12.4. The van der Waals surface area contributed by atoms with Crippen LogP contribution >= 0.6 is 11.3 Å². The Morgan fingerprint density at radius 2 is 1.94 bits per heavy atom. The molecule has 0 N–H and O–H groups in total. The Balaban J connectivity index is 1.53. The van der Waals surface area contributed by atoms with Gasteiger partial charge in [-0.3, -0.25) is 9.59 Å². The second-order valence-electron chi connectivity index (χ2n) is 9.70. The fourth-order valence-corrected chi connectivity index (χ4v) is 5.34. The molecule has 1 aliphatic heterocycles. The predicted molar refractivity (Wildman–Crippen MR) is 141 cm³/mol. The molecule has 36 heavy (non-hydrogen) atoms. The van der Waals surface area contributed by atoms with E-state index in [1.807, 2.05) is 36.1 Å². The van der Waals surface area contributed by atoms with Crippen LogP contribution in [0.25, 0.3) is 0 Å². The van der Waals surface area contributed by atoms with Gasteiger partial charge in [-0.25, -0.2) is 4.39 Å². The first-order chi connectivity index (χ1) is 17.3. The van der Waals surface area contributed by atoms with E-state index in [1.54, 1.807) is 22.3 Å². The zero-order valence-corrected chi connectivity index (χ0v) is 21.9. The number of aryl methyl sites for hydroxylation is 1. The fourth-order valence-electron chi connectivity index (χ4n) is 4.41. The molecule has 7 heteroatoms. The first-order valence-corrected chi connectivity index (χ1v) is 13.3. The van der Waals surface area contributed by atoms with Crippen LogP contribution in [-0.4, -0.2) is 47.9 Å². The molecule has 1 aromatic heterocycles. The topological polar surface area (TPSA) is 49.9 Å².